The summed E-state index contributed by atoms with van der Waals surface area (Å²) in [6, 6.07) is 3.12. The van der Waals surface area contributed by atoms with E-state index in [1.807, 2.05) is 0 Å². The Morgan fingerprint density at radius 1 is 1.41 bits per heavy atom. The first-order chi connectivity index (χ1) is 7.86. The highest BCUT2D eigenvalue weighted by atomic mass is 35.5. The number of carbonyl (C=O) groups excluding carboxylic acids is 1. The smallest absolute Gasteiger partial charge is 0.227 e. The van der Waals surface area contributed by atoms with Gasteiger partial charge in [-0.05, 0) is 32.0 Å². The third kappa shape index (κ3) is 3.66. The topological polar surface area (TPSA) is 29.1 Å². The number of nitrogens with one attached hydrogen (secondary N) is 1. The third-order valence-electron chi connectivity index (χ3n) is 2.40. The van der Waals surface area contributed by atoms with Gasteiger partial charge in [-0.25, -0.2) is 8.78 Å². The first kappa shape index (κ1) is 13.9. The largest absolute Gasteiger partial charge is 0.351 e. The molecule has 1 rings (SSSR count). The second-order valence-corrected chi connectivity index (χ2v) is 4.70. The van der Waals surface area contributed by atoms with Gasteiger partial charge in [0, 0.05) is 18.0 Å². The number of amides is 1. The molecule has 94 valence electrons. The van der Waals surface area contributed by atoms with Crippen LogP contribution >= 0.6 is 11.6 Å². The predicted octanol–water partition coefficient (Wildman–Crippen LogP) is 2.85. The van der Waals surface area contributed by atoms with Crippen LogP contribution in [0.1, 0.15) is 19.4 Å². The van der Waals surface area contributed by atoms with Crippen LogP contribution in [0, 0.1) is 17.0 Å². The predicted molar refractivity (Wildman–Crippen MR) is 62.7 cm³/mol. The molecule has 1 N–H and O–H groups in total. The highest BCUT2D eigenvalue weighted by molar-refractivity contribution is 6.19. The molecule has 0 aromatic heterocycles. The van der Waals surface area contributed by atoms with Crippen LogP contribution in [0.4, 0.5) is 8.78 Å². The zero-order chi connectivity index (χ0) is 13.1. The Balaban J connectivity index is 2.68. The summed E-state index contributed by atoms with van der Waals surface area (Å²) >= 11 is 5.63. The van der Waals surface area contributed by atoms with Crippen molar-refractivity contribution in [2.75, 3.05) is 5.88 Å². The van der Waals surface area contributed by atoms with Crippen molar-refractivity contribution < 1.29 is 13.6 Å². The van der Waals surface area contributed by atoms with Crippen molar-refractivity contribution in [3.8, 4) is 0 Å². The van der Waals surface area contributed by atoms with E-state index in [2.05, 4.69) is 5.32 Å². The Morgan fingerprint density at radius 2 is 2.06 bits per heavy atom. The molecule has 0 saturated heterocycles. The Bertz CT molecular complexity index is 421. The van der Waals surface area contributed by atoms with Gasteiger partial charge in [-0.1, -0.05) is 0 Å². The van der Waals surface area contributed by atoms with Crippen LogP contribution in [0.2, 0.25) is 0 Å². The maximum absolute atomic E-state index is 13.3. The van der Waals surface area contributed by atoms with E-state index >= 15 is 0 Å². The zero-order valence-electron chi connectivity index (χ0n) is 9.69. The van der Waals surface area contributed by atoms with Gasteiger partial charge in [0.25, 0.3) is 0 Å². The number of benzene rings is 1. The Hall–Kier alpha value is -1.16. The Labute approximate surface area is 104 Å². The first-order valence-electron chi connectivity index (χ1n) is 5.15. The van der Waals surface area contributed by atoms with Gasteiger partial charge >= 0.3 is 0 Å². The molecule has 0 bridgehead atoms. The number of halogens is 3. The highest BCUT2D eigenvalue weighted by Gasteiger charge is 2.26. The van der Waals surface area contributed by atoms with Crippen LogP contribution in [0.25, 0.3) is 0 Å². The summed E-state index contributed by atoms with van der Waals surface area (Å²) in [5, 5.41) is 2.53. The molecule has 0 saturated carbocycles. The molecule has 0 unspecified atom stereocenters. The van der Waals surface area contributed by atoms with Crippen molar-refractivity contribution in [2.24, 2.45) is 5.41 Å². The number of rotatable bonds is 4. The fourth-order valence-electron chi connectivity index (χ4n) is 1.15. The Kier molecular flexibility index (Phi) is 4.46. The van der Waals surface area contributed by atoms with E-state index in [9.17, 15) is 13.6 Å². The molecule has 0 spiro atoms. The minimum atomic E-state index is -0.731. The Morgan fingerprint density at radius 3 is 2.65 bits per heavy atom. The van der Waals surface area contributed by atoms with Crippen molar-refractivity contribution in [1.29, 1.82) is 0 Å². The molecule has 0 aliphatic carbocycles. The summed E-state index contributed by atoms with van der Waals surface area (Å²) in [5.41, 5.74) is -0.616. The van der Waals surface area contributed by atoms with Crippen molar-refractivity contribution in [2.45, 2.75) is 20.4 Å². The maximum Gasteiger partial charge on any atom is 0.227 e. The van der Waals surface area contributed by atoms with Gasteiger partial charge in [-0.3, -0.25) is 4.79 Å². The van der Waals surface area contributed by atoms with Crippen LogP contribution in [0.5, 0.6) is 0 Å². The van der Waals surface area contributed by atoms with Crippen molar-refractivity contribution in [3.63, 3.8) is 0 Å². The van der Waals surface area contributed by atoms with Crippen LogP contribution in [0.3, 0.4) is 0 Å². The minimum Gasteiger partial charge on any atom is -0.351 e. The standard InChI is InChI=1S/C12H14ClF2NO/c1-12(2,7-13)11(17)16-6-8-5-9(14)3-4-10(8)15/h3-5H,6-7H2,1-2H3,(H,16,17). The molecular formula is C12H14ClF2NO. The fraction of sp³-hybridized carbons (Fsp3) is 0.417. The van der Waals surface area contributed by atoms with Crippen LogP contribution in [-0.4, -0.2) is 11.8 Å². The summed E-state index contributed by atoms with van der Waals surface area (Å²) < 4.78 is 26.1. The SMILES string of the molecule is CC(C)(CCl)C(=O)NCc1cc(F)ccc1F. The molecule has 0 aliphatic rings. The lowest BCUT2D eigenvalue weighted by molar-refractivity contribution is -0.128. The molecule has 17 heavy (non-hydrogen) atoms. The lowest BCUT2D eigenvalue weighted by atomic mass is 9.95. The van der Waals surface area contributed by atoms with Gasteiger partial charge < -0.3 is 5.32 Å². The van der Waals surface area contributed by atoms with Crippen molar-refractivity contribution >= 4 is 17.5 Å². The fourth-order valence-corrected chi connectivity index (χ4v) is 1.28. The molecule has 0 radical (unpaired) electrons. The van der Waals surface area contributed by atoms with Gasteiger partial charge in [0.05, 0.1) is 5.41 Å². The molecule has 0 fully saturated rings. The van der Waals surface area contributed by atoms with E-state index in [-0.39, 0.29) is 23.9 Å². The zero-order valence-corrected chi connectivity index (χ0v) is 10.4. The lowest BCUT2D eigenvalue weighted by Gasteiger charge is -2.20. The van der Waals surface area contributed by atoms with Gasteiger partial charge in [0.15, 0.2) is 0 Å². The van der Waals surface area contributed by atoms with Crippen molar-refractivity contribution in [1.82, 2.24) is 5.32 Å². The molecule has 2 nitrogen and oxygen atoms in total. The number of hydrogen-bond acceptors (Lipinski definition) is 1. The number of hydrogen-bond donors (Lipinski definition) is 1. The van der Waals surface area contributed by atoms with Crippen molar-refractivity contribution in [3.05, 3.63) is 35.4 Å². The lowest BCUT2D eigenvalue weighted by Crippen LogP contribution is -2.37. The summed E-state index contributed by atoms with van der Waals surface area (Å²) in [6.45, 7) is 3.30. The molecule has 0 atom stereocenters. The first-order valence-corrected chi connectivity index (χ1v) is 5.68. The summed E-state index contributed by atoms with van der Waals surface area (Å²) in [6.07, 6.45) is 0. The van der Waals surface area contributed by atoms with Gasteiger partial charge in [-0.2, -0.15) is 0 Å². The molecule has 1 aromatic carbocycles. The molecule has 1 amide bonds. The normalized spacial score (nSPS) is 11.4. The monoisotopic (exact) mass is 261 g/mol. The second kappa shape index (κ2) is 5.45. The summed E-state index contributed by atoms with van der Waals surface area (Å²) in [4.78, 5) is 11.7. The average molecular weight is 262 g/mol. The second-order valence-electron chi connectivity index (χ2n) is 4.44. The average Bonchev–Trinajstić information content (AvgIpc) is 2.29. The summed E-state index contributed by atoms with van der Waals surface area (Å²) in [5.74, 6) is -1.22. The highest BCUT2D eigenvalue weighted by Crippen LogP contribution is 2.17. The van der Waals surface area contributed by atoms with Crippen LogP contribution in [0.15, 0.2) is 18.2 Å². The van der Waals surface area contributed by atoms with E-state index in [1.54, 1.807) is 13.8 Å². The van der Waals surface area contributed by atoms with Gasteiger partial charge in [0.2, 0.25) is 5.91 Å². The van der Waals surface area contributed by atoms with E-state index in [0.29, 0.717) is 0 Å². The van der Waals surface area contributed by atoms with E-state index in [1.165, 1.54) is 0 Å². The third-order valence-corrected chi connectivity index (χ3v) is 3.06. The molecule has 0 heterocycles. The summed E-state index contributed by atoms with van der Waals surface area (Å²) in [7, 11) is 0. The molecule has 5 heteroatoms. The van der Waals surface area contributed by atoms with Crippen LogP contribution in [-0.2, 0) is 11.3 Å². The van der Waals surface area contributed by atoms with E-state index < -0.39 is 17.0 Å². The van der Waals surface area contributed by atoms with Gasteiger partial charge in [-0.15, -0.1) is 11.6 Å². The molecular weight excluding hydrogens is 248 g/mol. The molecule has 1 aromatic rings. The van der Waals surface area contributed by atoms with E-state index in [0.717, 1.165) is 18.2 Å². The van der Waals surface area contributed by atoms with E-state index in [4.69, 9.17) is 11.6 Å². The molecule has 0 aliphatic heterocycles. The maximum atomic E-state index is 13.3. The minimum absolute atomic E-state index is 0.0528. The number of alkyl halides is 1. The van der Waals surface area contributed by atoms with Crippen LogP contribution < -0.4 is 5.32 Å². The van der Waals surface area contributed by atoms with Gasteiger partial charge in [0.1, 0.15) is 11.6 Å². The quantitative estimate of drug-likeness (QED) is 0.830. The number of carbonyl (C=O) groups is 1.